The number of nitrogens with one attached hydrogen (secondary N) is 1. The van der Waals surface area contributed by atoms with Crippen LogP contribution in [0.2, 0.25) is 0 Å². The van der Waals surface area contributed by atoms with Gasteiger partial charge in [0.2, 0.25) is 5.72 Å². The van der Waals surface area contributed by atoms with Gasteiger partial charge in [-0.2, -0.15) is 0 Å². The van der Waals surface area contributed by atoms with E-state index in [1.807, 2.05) is 0 Å². The van der Waals surface area contributed by atoms with E-state index in [1.165, 1.54) is 36.4 Å². The van der Waals surface area contributed by atoms with Crippen LogP contribution in [0.15, 0.2) is 152 Å². The highest BCUT2D eigenvalue weighted by Crippen LogP contribution is 2.37. The van der Waals surface area contributed by atoms with E-state index in [-0.39, 0.29) is 22.3 Å². The van der Waals surface area contributed by atoms with E-state index in [0.29, 0.717) is 12.0 Å². The quantitative estimate of drug-likeness (QED) is 0.0941. The third-order valence-corrected chi connectivity index (χ3v) is 8.18. The first kappa shape index (κ1) is 35.2. The van der Waals surface area contributed by atoms with Gasteiger partial charge in [0.05, 0.1) is 22.3 Å². The number of anilines is 1. The fraction of sp³-hybridized carbons (Fsp3) is 0.146. The molecule has 52 heavy (non-hydrogen) atoms. The number of esters is 4. The van der Waals surface area contributed by atoms with E-state index < -0.39 is 60.6 Å². The second-order valence-corrected chi connectivity index (χ2v) is 11.7. The molecule has 1 N–H and O–H groups in total. The van der Waals surface area contributed by atoms with E-state index >= 15 is 0 Å². The van der Waals surface area contributed by atoms with Gasteiger partial charge in [0.25, 0.3) is 0 Å². The molecule has 0 aromatic heterocycles. The van der Waals surface area contributed by atoms with E-state index in [1.54, 1.807) is 115 Å². The van der Waals surface area contributed by atoms with E-state index in [4.69, 9.17) is 23.7 Å². The van der Waals surface area contributed by atoms with E-state index in [2.05, 4.69) is 5.32 Å². The van der Waals surface area contributed by atoms with Crippen molar-refractivity contribution < 1.29 is 47.7 Å². The predicted molar refractivity (Wildman–Crippen MR) is 187 cm³/mol. The summed E-state index contributed by atoms with van der Waals surface area (Å²) in [5.41, 5.74) is -1.32. The zero-order valence-corrected chi connectivity index (χ0v) is 27.6. The van der Waals surface area contributed by atoms with Crippen molar-refractivity contribution in [2.45, 2.75) is 30.1 Å². The number of ether oxygens (including phenoxy) is 5. The molecular formula is C41H33NO10. The van der Waals surface area contributed by atoms with Gasteiger partial charge >= 0.3 is 23.9 Å². The molecule has 1 aliphatic heterocycles. The average molecular weight is 700 g/mol. The molecule has 11 heteroatoms. The van der Waals surface area contributed by atoms with Crippen molar-refractivity contribution in [3.63, 3.8) is 0 Å². The lowest BCUT2D eigenvalue weighted by molar-refractivity contribution is -0.250. The van der Waals surface area contributed by atoms with Gasteiger partial charge in [-0.1, -0.05) is 91.0 Å². The molecular weight excluding hydrogens is 666 g/mol. The maximum atomic E-state index is 13.8. The van der Waals surface area contributed by atoms with Crippen molar-refractivity contribution in [3.8, 4) is 0 Å². The first-order chi connectivity index (χ1) is 25.4. The minimum atomic E-state index is -2.28. The molecule has 1 fully saturated rings. The van der Waals surface area contributed by atoms with Crippen LogP contribution in [0.25, 0.3) is 0 Å². The third-order valence-electron chi connectivity index (χ3n) is 8.18. The number of para-hydroxylation sites is 1. The lowest BCUT2D eigenvalue weighted by atomic mass is 9.89. The molecule has 6 rings (SSSR count). The molecule has 1 saturated heterocycles. The maximum absolute atomic E-state index is 13.8. The second-order valence-electron chi connectivity index (χ2n) is 11.7. The summed E-state index contributed by atoms with van der Waals surface area (Å²) in [6.45, 7) is -0.578. The Balaban J connectivity index is 1.47. The monoisotopic (exact) mass is 699 g/mol. The summed E-state index contributed by atoms with van der Waals surface area (Å²) in [7, 11) is 0. The highest BCUT2D eigenvalue weighted by atomic mass is 16.7. The summed E-state index contributed by atoms with van der Waals surface area (Å²) in [4.78, 5) is 67.8. The van der Waals surface area contributed by atoms with Crippen LogP contribution in [-0.2, 0) is 28.5 Å². The Hall–Kier alpha value is -6.59. The summed E-state index contributed by atoms with van der Waals surface area (Å²) in [6.07, 6.45) is -6.16. The van der Waals surface area contributed by atoms with Gasteiger partial charge in [0, 0.05) is 5.69 Å². The molecule has 0 amide bonds. The molecule has 0 radical (unpaired) electrons. The Kier molecular flexibility index (Phi) is 11.1. The van der Waals surface area contributed by atoms with Crippen LogP contribution >= 0.6 is 0 Å². The normalized spacial score (nSPS) is 20.8. The number of carbonyl (C=O) groups is 5. The topological polar surface area (TPSA) is 144 Å². The van der Waals surface area contributed by atoms with Gasteiger partial charge in [0.15, 0.2) is 24.6 Å². The van der Waals surface area contributed by atoms with Crippen LogP contribution in [-0.4, -0.2) is 66.9 Å². The SMILES string of the molecule is O=C[C@]1(Nc2ccccc2)O[C@H](COC(=O)c2ccccc2)[C@H](OC(=O)c2ccccc2)[C@H](OC(=O)c2ccccc2)[C@H]1OC(=O)c1ccccc1. The molecule has 5 aromatic rings. The zero-order chi connectivity index (χ0) is 36.3. The molecule has 262 valence electrons. The molecule has 1 heterocycles. The van der Waals surface area contributed by atoms with Crippen molar-refractivity contribution >= 4 is 35.9 Å². The van der Waals surface area contributed by atoms with Crippen LogP contribution in [0.5, 0.6) is 0 Å². The van der Waals surface area contributed by atoms with Gasteiger partial charge in [-0.15, -0.1) is 0 Å². The highest BCUT2D eigenvalue weighted by Gasteiger charge is 2.61. The summed E-state index contributed by atoms with van der Waals surface area (Å²) in [6, 6.07) is 40.5. The number of rotatable bonds is 12. The van der Waals surface area contributed by atoms with Crippen LogP contribution in [0.4, 0.5) is 5.69 Å². The second kappa shape index (κ2) is 16.4. The van der Waals surface area contributed by atoms with Crippen molar-refractivity contribution in [2.75, 3.05) is 11.9 Å². The van der Waals surface area contributed by atoms with Crippen LogP contribution < -0.4 is 5.32 Å². The van der Waals surface area contributed by atoms with Crippen LogP contribution in [0, 0.1) is 0 Å². The zero-order valence-electron chi connectivity index (χ0n) is 27.6. The number of benzene rings is 5. The summed E-state index contributed by atoms with van der Waals surface area (Å²) in [5, 5.41) is 3.01. The molecule has 5 aromatic carbocycles. The van der Waals surface area contributed by atoms with Crippen molar-refractivity contribution in [1.29, 1.82) is 0 Å². The van der Waals surface area contributed by atoms with Gasteiger partial charge in [-0.3, -0.25) is 4.79 Å². The summed E-state index contributed by atoms with van der Waals surface area (Å²) < 4.78 is 30.2. The number of aldehydes is 1. The van der Waals surface area contributed by atoms with Gasteiger partial charge in [-0.05, 0) is 60.7 Å². The highest BCUT2D eigenvalue weighted by molar-refractivity contribution is 5.92. The minimum Gasteiger partial charge on any atom is -0.459 e. The summed E-state index contributed by atoms with van der Waals surface area (Å²) in [5.74, 6) is -3.36. The van der Waals surface area contributed by atoms with E-state index in [0.717, 1.165) is 0 Å². The average Bonchev–Trinajstić information content (AvgIpc) is 3.20. The Labute approximate surface area is 299 Å². The molecule has 0 bridgehead atoms. The number of hydrogen-bond donors (Lipinski definition) is 1. The van der Waals surface area contributed by atoms with Crippen LogP contribution in [0.1, 0.15) is 41.4 Å². The third kappa shape index (κ3) is 8.23. The maximum Gasteiger partial charge on any atom is 0.338 e. The fourth-order valence-corrected chi connectivity index (χ4v) is 5.64. The van der Waals surface area contributed by atoms with E-state index in [9.17, 15) is 24.0 Å². The van der Waals surface area contributed by atoms with Gasteiger partial charge in [-0.25, -0.2) is 19.2 Å². The van der Waals surface area contributed by atoms with Crippen molar-refractivity contribution in [2.24, 2.45) is 0 Å². The standard InChI is InChI=1S/C41H33NO10/c43-27-41(42-32-24-14-5-15-25-32)36(51-40(47)31-22-12-4-13-23-31)35(50-39(46)30-20-10-3-11-21-30)34(49-38(45)29-18-8-2-9-19-29)33(52-41)26-48-37(44)28-16-6-1-7-17-28/h1-25,27,33-36,42H,26H2/t33-,34+,35+,36-,41+/m1/s1. The van der Waals surface area contributed by atoms with Gasteiger partial charge in [0.1, 0.15) is 12.7 Å². The number of carbonyl (C=O) groups excluding carboxylic acids is 5. The molecule has 5 atom stereocenters. The molecule has 0 spiro atoms. The number of hydrogen-bond acceptors (Lipinski definition) is 11. The van der Waals surface area contributed by atoms with Crippen molar-refractivity contribution in [3.05, 3.63) is 174 Å². The molecule has 0 saturated carbocycles. The van der Waals surface area contributed by atoms with Crippen LogP contribution in [0.3, 0.4) is 0 Å². The molecule has 11 nitrogen and oxygen atoms in total. The molecule has 0 aliphatic carbocycles. The Morgan fingerprint density at radius 2 is 0.923 bits per heavy atom. The lowest BCUT2D eigenvalue weighted by Gasteiger charge is -2.49. The molecule has 0 unspecified atom stereocenters. The molecule has 1 aliphatic rings. The first-order valence-corrected chi connectivity index (χ1v) is 16.3. The Morgan fingerprint density at radius 1 is 0.538 bits per heavy atom. The minimum absolute atomic E-state index is 0.117. The summed E-state index contributed by atoms with van der Waals surface area (Å²) >= 11 is 0. The fourth-order valence-electron chi connectivity index (χ4n) is 5.64. The first-order valence-electron chi connectivity index (χ1n) is 16.3. The lowest BCUT2D eigenvalue weighted by Crippen LogP contribution is -2.71. The largest absolute Gasteiger partial charge is 0.459 e. The van der Waals surface area contributed by atoms with Gasteiger partial charge < -0.3 is 29.0 Å². The smallest absolute Gasteiger partial charge is 0.338 e. The Bertz CT molecular complexity index is 1980. The predicted octanol–water partition coefficient (Wildman–Crippen LogP) is 5.93. The van der Waals surface area contributed by atoms with Crippen molar-refractivity contribution in [1.82, 2.24) is 0 Å². The Morgan fingerprint density at radius 3 is 1.37 bits per heavy atom.